The smallest absolute Gasteiger partial charge is 0.407 e. The van der Waals surface area contributed by atoms with Crippen LogP contribution < -0.4 is 5.32 Å². The first kappa shape index (κ1) is 26.4. The van der Waals surface area contributed by atoms with E-state index in [1.807, 2.05) is 54.6 Å². The number of nitrogens with one attached hydrogen (secondary N) is 1. The molecular weight excluding hydrogens is 496 g/mol. The van der Waals surface area contributed by atoms with Gasteiger partial charge in [0, 0.05) is 38.1 Å². The second-order valence-electron chi connectivity index (χ2n) is 9.94. The highest BCUT2D eigenvalue weighted by atomic mass is 16.5. The van der Waals surface area contributed by atoms with Crippen LogP contribution in [0, 0.1) is 5.92 Å². The predicted octanol–water partition coefficient (Wildman–Crippen LogP) is 4.43. The number of fused-ring (bicyclic) bond motifs is 3. The Morgan fingerprint density at radius 1 is 0.923 bits per heavy atom. The highest BCUT2D eigenvalue weighted by Gasteiger charge is 2.37. The third kappa shape index (κ3) is 6.12. The highest BCUT2D eigenvalue weighted by molar-refractivity contribution is 5.82. The van der Waals surface area contributed by atoms with Gasteiger partial charge < -0.3 is 24.8 Å². The van der Waals surface area contributed by atoms with E-state index in [1.165, 1.54) is 4.90 Å². The van der Waals surface area contributed by atoms with Crippen molar-refractivity contribution in [3.05, 3.63) is 95.6 Å². The number of alkyl carbamates (subject to hydrolysis) is 1. The maximum atomic E-state index is 13.4. The Hall–Kier alpha value is -4.17. The maximum absolute atomic E-state index is 13.4. The number of ether oxygens (including phenoxy) is 2. The van der Waals surface area contributed by atoms with E-state index in [-0.39, 0.29) is 43.9 Å². The number of carboxylic acids is 1. The lowest BCUT2D eigenvalue weighted by Crippen LogP contribution is -2.45. The molecule has 0 bridgehead atoms. The molecule has 0 spiro atoms. The van der Waals surface area contributed by atoms with Crippen LogP contribution in [-0.4, -0.2) is 60.4 Å². The Balaban J connectivity index is 1.18. The first-order chi connectivity index (χ1) is 19.0. The monoisotopic (exact) mass is 528 g/mol. The van der Waals surface area contributed by atoms with E-state index in [1.54, 1.807) is 0 Å². The van der Waals surface area contributed by atoms with Crippen LogP contribution in [0.2, 0.25) is 0 Å². The first-order valence-electron chi connectivity index (χ1n) is 13.3. The van der Waals surface area contributed by atoms with Crippen molar-refractivity contribution < 1.29 is 29.0 Å². The summed E-state index contributed by atoms with van der Waals surface area (Å²) in [5.74, 6) is -1.51. The number of nitrogens with zero attached hydrogens (tertiary/aromatic N) is 1. The van der Waals surface area contributed by atoms with Crippen LogP contribution in [-0.2, 0) is 25.6 Å². The van der Waals surface area contributed by atoms with Crippen molar-refractivity contribution in [1.82, 2.24) is 10.2 Å². The van der Waals surface area contributed by atoms with Crippen LogP contribution in [0.5, 0.6) is 0 Å². The molecule has 1 aliphatic heterocycles. The van der Waals surface area contributed by atoms with Gasteiger partial charge in [0.2, 0.25) is 0 Å². The Labute approximate surface area is 227 Å². The van der Waals surface area contributed by atoms with Crippen molar-refractivity contribution in [1.29, 1.82) is 0 Å². The molecule has 202 valence electrons. The fraction of sp³-hybridized carbons (Fsp3) is 0.323. The summed E-state index contributed by atoms with van der Waals surface area (Å²) in [5.41, 5.74) is 5.51. The quantitative estimate of drug-likeness (QED) is 0.403. The molecule has 3 aromatic carbocycles. The molecule has 5 rings (SSSR count). The summed E-state index contributed by atoms with van der Waals surface area (Å²) in [7, 11) is 0. The van der Waals surface area contributed by atoms with E-state index in [2.05, 4.69) is 29.6 Å². The molecule has 3 aromatic rings. The molecular formula is C31H32N2O6. The van der Waals surface area contributed by atoms with Crippen molar-refractivity contribution in [2.24, 2.45) is 5.92 Å². The summed E-state index contributed by atoms with van der Waals surface area (Å²) >= 11 is 0. The van der Waals surface area contributed by atoms with E-state index in [9.17, 15) is 19.5 Å². The largest absolute Gasteiger partial charge is 0.481 e. The van der Waals surface area contributed by atoms with E-state index in [4.69, 9.17) is 9.47 Å². The number of aliphatic carboxylic acids is 1. The van der Waals surface area contributed by atoms with E-state index >= 15 is 0 Å². The lowest BCUT2D eigenvalue weighted by Gasteiger charge is -2.27. The van der Waals surface area contributed by atoms with Gasteiger partial charge in [-0.15, -0.1) is 0 Å². The Morgan fingerprint density at radius 3 is 2.23 bits per heavy atom. The van der Waals surface area contributed by atoms with Gasteiger partial charge in [-0.1, -0.05) is 78.9 Å². The van der Waals surface area contributed by atoms with E-state index in [0.717, 1.165) is 27.8 Å². The second kappa shape index (κ2) is 12.1. The molecule has 0 aromatic heterocycles. The normalized spacial score (nSPS) is 17.7. The van der Waals surface area contributed by atoms with Crippen LogP contribution in [0.1, 0.15) is 35.4 Å². The third-order valence-electron chi connectivity index (χ3n) is 7.43. The predicted molar refractivity (Wildman–Crippen MR) is 145 cm³/mol. The molecule has 2 atom stereocenters. The molecule has 1 heterocycles. The number of carboxylic acid groups (broad SMARTS) is 1. The molecule has 0 unspecified atom stereocenters. The minimum Gasteiger partial charge on any atom is -0.481 e. The summed E-state index contributed by atoms with van der Waals surface area (Å²) in [4.78, 5) is 38.8. The molecule has 8 nitrogen and oxygen atoms in total. The van der Waals surface area contributed by atoms with Crippen LogP contribution >= 0.6 is 0 Å². The topological polar surface area (TPSA) is 105 Å². The number of carbonyl (C=O) groups excluding carboxylic acids is 2. The molecule has 2 N–H and O–H groups in total. The molecule has 8 heteroatoms. The van der Waals surface area contributed by atoms with Crippen molar-refractivity contribution in [3.63, 3.8) is 0 Å². The van der Waals surface area contributed by atoms with Gasteiger partial charge in [-0.2, -0.15) is 0 Å². The Morgan fingerprint density at radius 2 is 1.56 bits per heavy atom. The van der Waals surface area contributed by atoms with Gasteiger partial charge in [-0.05, 0) is 34.2 Å². The van der Waals surface area contributed by atoms with Gasteiger partial charge in [-0.3, -0.25) is 9.59 Å². The lowest BCUT2D eigenvalue weighted by molar-refractivity contribution is -0.145. The number of carbonyl (C=O) groups is 3. The SMILES string of the molecule is O=C(O)CCN(Cc1ccccc1)C(=O)[C@@H]1OCC[C@@H]1CNC(=O)OCC1c2ccccc2-c2ccccc21. The Bertz CT molecular complexity index is 1280. The zero-order valence-electron chi connectivity index (χ0n) is 21.6. The van der Waals surface area contributed by atoms with Gasteiger partial charge in [0.05, 0.1) is 6.42 Å². The average molecular weight is 529 g/mol. The van der Waals surface area contributed by atoms with Gasteiger partial charge in [-0.25, -0.2) is 4.79 Å². The van der Waals surface area contributed by atoms with Crippen molar-refractivity contribution in [3.8, 4) is 11.1 Å². The summed E-state index contributed by atoms with van der Waals surface area (Å²) in [6.07, 6.45) is -0.843. The van der Waals surface area contributed by atoms with Crippen molar-refractivity contribution >= 4 is 18.0 Å². The number of benzene rings is 3. The molecule has 0 saturated carbocycles. The maximum Gasteiger partial charge on any atom is 0.407 e. The van der Waals surface area contributed by atoms with Crippen LogP contribution in [0.25, 0.3) is 11.1 Å². The highest BCUT2D eigenvalue weighted by Crippen LogP contribution is 2.44. The third-order valence-corrected chi connectivity index (χ3v) is 7.43. The van der Waals surface area contributed by atoms with Gasteiger partial charge in [0.1, 0.15) is 12.7 Å². The number of hydrogen-bond acceptors (Lipinski definition) is 5. The molecule has 1 saturated heterocycles. The van der Waals surface area contributed by atoms with Crippen LogP contribution in [0.15, 0.2) is 78.9 Å². The lowest BCUT2D eigenvalue weighted by atomic mass is 9.98. The number of rotatable bonds is 10. The standard InChI is InChI=1S/C31H32N2O6/c34-28(35)14-16-33(19-21-8-2-1-3-9-21)30(36)29-22(15-17-38-29)18-32-31(37)39-20-27-25-12-6-4-10-23(25)24-11-5-7-13-26(24)27/h1-13,22,27,29H,14-20H2,(H,32,37)(H,34,35)/t22-,29-/m1/s1. The van der Waals surface area contributed by atoms with Gasteiger partial charge in [0.25, 0.3) is 5.91 Å². The number of amides is 2. The van der Waals surface area contributed by atoms with Gasteiger partial charge >= 0.3 is 12.1 Å². The zero-order chi connectivity index (χ0) is 27.2. The summed E-state index contributed by atoms with van der Waals surface area (Å²) in [5, 5.41) is 12.0. The number of hydrogen-bond donors (Lipinski definition) is 2. The Kier molecular flexibility index (Phi) is 8.22. The molecule has 1 fully saturated rings. The minimum atomic E-state index is -0.971. The fourth-order valence-electron chi connectivity index (χ4n) is 5.46. The average Bonchev–Trinajstić information content (AvgIpc) is 3.56. The van der Waals surface area contributed by atoms with Crippen LogP contribution in [0.3, 0.4) is 0 Å². The zero-order valence-corrected chi connectivity index (χ0v) is 21.6. The fourth-order valence-corrected chi connectivity index (χ4v) is 5.46. The van der Waals surface area contributed by atoms with E-state index in [0.29, 0.717) is 19.6 Å². The van der Waals surface area contributed by atoms with Crippen LogP contribution in [0.4, 0.5) is 4.79 Å². The van der Waals surface area contributed by atoms with Gasteiger partial charge in [0.15, 0.2) is 0 Å². The van der Waals surface area contributed by atoms with Crippen molar-refractivity contribution in [2.45, 2.75) is 31.4 Å². The van der Waals surface area contributed by atoms with E-state index < -0.39 is 18.2 Å². The molecule has 2 amide bonds. The first-order valence-corrected chi connectivity index (χ1v) is 13.3. The summed E-state index contributed by atoms with van der Waals surface area (Å²) < 4.78 is 11.4. The second-order valence-corrected chi connectivity index (χ2v) is 9.94. The molecule has 39 heavy (non-hydrogen) atoms. The van der Waals surface area contributed by atoms with Crippen molar-refractivity contribution in [2.75, 3.05) is 26.3 Å². The minimum absolute atomic E-state index is 0.0342. The molecule has 2 aliphatic rings. The molecule has 1 aliphatic carbocycles. The summed E-state index contributed by atoms with van der Waals surface area (Å²) in [6, 6.07) is 25.7. The summed E-state index contributed by atoms with van der Waals surface area (Å²) in [6.45, 7) is 1.20. The molecule has 0 radical (unpaired) electrons.